The maximum Gasteiger partial charge on any atom is 0.262 e. The highest BCUT2D eigenvalue weighted by Gasteiger charge is 2.26. The largest absolute Gasteiger partial charge is 0.491 e. The van der Waals surface area contributed by atoms with Crippen molar-refractivity contribution in [2.45, 2.75) is 25.2 Å². The van der Waals surface area contributed by atoms with Crippen LogP contribution in [0.5, 0.6) is 5.75 Å². The number of sulfonamides is 1. The number of halogens is 2. The molecule has 0 aliphatic rings. The molecule has 1 amide bonds. The van der Waals surface area contributed by atoms with Crippen molar-refractivity contribution in [3.8, 4) is 11.8 Å². The number of hydrogen-bond acceptors (Lipinski definition) is 5. The fraction of sp³-hybridized carbons (Fsp3) is 0.263. The minimum atomic E-state index is -4.31. The lowest BCUT2D eigenvalue weighted by Gasteiger charge is -2.16. The first-order valence-electron chi connectivity index (χ1n) is 8.53. The van der Waals surface area contributed by atoms with Crippen LogP contribution in [0.2, 0.25) is 0 Å². The number of rotatable bonds is 7. The molecule has 7 nitrogen and oxygen atoms in total. The first kappa shape index (κ1) is 22.3. The number of carbonyl (C=O) groups is 1. The number of hydrogen-bond donors (Lipinski definition) is 2. The summed E-state index contributed by atoms with van der Waals surface area (Å²) in [6, 6.07) is 6.52. The number of primary sulfonamides is 1. The Morgan fingerprint density at radius 3 is 2.48 bits per heavy atom. The lowest BCUT2D eigenvalue weighted by Crippen LogP contribution is -2.21. The summed E-state index contributed by atoms with van der Waals surface area (Å²) in [6.45, 7) is 3.84. The van der Waals surface area contributed by atoms with Gasteiger partial charge < -0.3 is 10.1 Å². The Kier molecular flexibility index (Phi) is 6.89. The number of benzene rings is 2. The number of nitriles is 1. The fourth-order valence-electron chi connectivity index (χ4n) is 2.40. The van der Waals surface area contributed by atoms with Crippen molar-refractivity contribution in [2.24, 2.45) is 11.1 Å². The van der Waals surface area contributed by atoms with Crippen molar-refractivity contribution < 1.29 is 26.7 Å². The number of anilines is 1. The van der Waals surface area contributed by atoms with Gasteiger partial charge in [-0.2, -0.15) is 5.26 Å². The van der Waals surface area contributed by atoms with Gasteiger partial charge in [0.05, 0.1) is 12.2 Å². The fourth-order valence-corrected chi connectivity index (χ4v) is 3.07. The van der Waals surface area contributed by atoms with Crippen molar-refractivity contribution in [1.29, 1.82) is 5.26 Å². The van der Waals surface area contributed by atoms with E-state index >= 15 is 0 Å². The number of carbonyl (C=O) groups excluding carboxylic acids is 1. The number of amides is 1. The summed E-state index contributed by atoms with van der Waals surface area (Å²) in [5.41, 5.74) is -0.973. The molecule has 3 N–H and O–H groups in total. The average Bonchev–Trinajstić information content (AvgIpc) is 2.62. The highest BCUT2D eigenvalue weighted by Crippen LogP contribution is 2.31. The van der Waals surface area contributed by atoms with Crippen molar-refractivity contribution >= 4 is 21.6 Å². The monoisotopic (exact) mass is 423 g/mol. The molecule has 10 heteroatoms. The number of ether oxygens (including phenoxy) is 1. The van der Waals surface area contributed by atoms with E-state index in [9.17, 15) is 22.0 Å². The second kappa shape index (κ2) is 8.98. The third-order valence-corrected chi connectivity index (χ3v) is 4.83. The summed E-state index contributed by atoms with van der Waals surface area (Å²) in [6.07, 6.45) is 0.519. The molecule has 0 fully saturated rings. The highest BCUT2D eigenvalue weighted by molar-refractivity contribution is 7.89. The molecule has 0 unspecified atom stereocenters. The van der Waals surface area contributed by atoms with Gasteiger partial charge in [0, 0.05) is 5.69 Å². The normalized spacial score (nSPS) is 11.2. The summed E-state index contributed by atoms with van der Waals surface area (Å²) < 4.78 is 57.1. The zero-order valence-corrected chi connectivity index (χ0v) is 16.5. The standard InChI is InChI=1S/C19H19F2N3O4S/c1-11(2)7-8-28-18-16(29(23,26)27)6-5-15(21)17(18)19(25)24-13-3-4-14(20)12(9-13)10-22/h3-6,9,11H,7-8H2,1-2H3,(H,24,25)(H2,23,26,27). The summed E-state index contributed by atoms with van der Waals surface area (Å²) >= 11 is 0. The van der Waals surface area contributed by atoms with Crippen molar-refractivity contribution in [3.63, 3.8) is 0 Å². The van der Waals surface area contributed by atoms with Crippen LogP contribution in [0.1, 0.15) is 36.2 Å². The first-order chi connectivity index (χ1) is 13.5. The second-order valence-electron chi connectivity index (χ2n) is 6.59. The second-order valence-corrected chi connectivity index (χ2v) is 8.12. The molecule has 2 rings (SSSR count). The van der Waals surface area contributed by atoms with Gasteiger partial charge >= 0.3 is 0 Å². The van der Waals surface area contributed by atoms with Gasteiger partial charge in [-0.1, -0.05) is 13.8 Å². The first-order valence-corrected chi connectivity index (χ1v) is 10.1. The van der Waals surface area contributed by atoms with Gasteiger partial charge in [0.15, 0.2) is 5.75 Å². The SMILES string of the molecule is CC(C)CCOc1c(S(N)(=O)=O)ccc(F)c1C(=O)Nc1ccc(F)c(C#N)c1. The Morgan fingerprint density at radius 2 is 1.90 bits per heavy atom. The maximum absolute atomic E-state index is 14.5. The number of nitrogens with zero attached hydrogens (tertiary/aromatic N) is 1. The third kappa shape index (κ3) is 5.49. The Bertz CT molecular complexity index is 1080. The van der Waals surface area contributed by atoms with Gasteiger partial charge in [-0.05, 0) is 42.7 Å². The van der Waals surface area contributed by atoms with Crippen LogP contribution in [0.4, 0.5) is 14.5 Å². The molecule has 0 bridgehead atoms. The molecule has 29 heavy (non-hydrogen) atoms. The molecular weight excluding hydrogens is 404 g/mol. The zero-order valence-electron chi connectivity index (χ0n) is 15.7. The highest BCUT2D eigenvalue weighted by atomic mass is 32.2. The Balaban J connectivity index is 2.49. The third-order valence-electron chi connectivity index (χ3n) is 3.89. The van der Waals surface area contributed by atoms with E-state index in [1.165, 1.54) is 6.07 Å². The molecule has 2 aromatic carbocycles. The van der Waals surface area contributed by atoms with Crippen LogP contribution in [0.15, 0.2) is 35.2 Å². The van der Waals surface area contributed by atoms with Gasteiger partial charge in [0.2, 0.25) is 10.0 Å². The number of nitrogens with one attached hydrogen (secondary N) is 1. The molecule has 0 aliphatic heterocycles. The summed E-state index contributed by atoms with van der Waals surface area (Å²) in [4.78, 5) is 12.1. The summed E-state index contributed by atoms with van der Waals surface area (Å²) in [7, 11) is -4.31. The molecule has 0 spiro atoms. The molecule has 154 valence electrons. The molecule has 0 heterocycles. The van der Waals surface area contributed by atoms with Crippen LogP contribution in [-0.2, 0) is 10.0 Å². The summed E-state index contributed by atoms with van der Waals surface area (Å²) in [5, 5.41) is 16.4. The van der Waals surface area contributed by atoms with Crippen LogP contribution in [0, 0.1) is 28.9 Å². The maximum atomic E-state index is 14.5. The van der Waals surface area contributed by atoms with Gasteiger partial charge in [0.1, 0.15) is 28.2 Å². The van der Waals surface area contributed by atoms with Crippen molar-refractivity contribution in [1.82, 2.24) is 0 Å². The van der Waals surface area contributed by atoms with Crippen molar-refractivity contribution in [3.05, 3.63) is 53.1 Å². The quantitative estimate of drug-likeness (QED) is 0.708. The number of nitrogens with two attached hydrogens (primary N) is 1. The van der Waals surface area contributed by atoms with Gasteiger partial charge in [-0.25, -0.2) is 22.3 Å². The average molecular weight is 423 g/mol. The minimum Gasteiger partial charge on any atom is -0.491 e. The topological polar surface area (TPSA) is 122 Å². The van der Waals surface area contributed by atoms with Crippen molar-refractivity contribution in [2.75, 3.05) is 11.9 Å². The van der Waals surface area contributed by atoms with E-state index in [0.29, 0.717) is 6.42 Å². The zero-order chi connectivity index (χ0) is 21.8. The van der Waals surface area contributed by atoms with E-state index in [-0.39, 0.29) is 23.8 Å². The van der Waals surface area contributed by atoms with Crippen LogP contribution in [0.3, 0.4) is 0 Å². The van der Waals surface area contributed by atoms with E-state index in [1.54, 1.807) is 6.07 Å². The predicted molar refractivity (Wildman–Crippen MR) is 102 cm³/mol. The molecule has 0 radical (unpaired) electrons. The molecule has 0 aromatic heterocycles. The molecule has 0 saturated carbocycles. The Labute approximate surface area is 167 Å². The summed E-state index contributed by atoms with van der Waals surface area (Å²) in [5.74, 6) is -3.15. The van der Waals surface area contributed by atoms with Gasteiger partial charge in [-0.15, -0.1) is 0 Å². The molecule has 0 aliphatic carbocycles. The van der Waals surface area contributed by atoms with E-state index in [2.05, 4.69) is 5.32 Å². The van der Waals surface area contributed by atoms with Gasteiger partial charge in [0.25, 0.3) is 5.91 Å². The smallest absolute Gasteiger partial charge is 0.262 e. The lowest BCUT2D eigenvalue weighted by molar-refractivity contribution is 0.101. The van der Waals surface area contributed by atoms with E-state index in [0.717, 1.165) is 24.3 Å². The molecule has 0 saturated heterocycles. The molecule has 0 atom stereocenters. The van der Waals surface area contributed by atoms with Crippen LogP contribution >= 0.6 is 0 Å². The van der Waals surface area contributed by atoms with Crippen LogP contribution in [0.25, 0.3) is 0 Å². The molecule has 2 aromatic rings. The Hall–Kier alpha value is -3.03. The predicted octanol–water partition coefficient (Wildman–Crippen LogP) is 3.16. The van der Waals surface area contributed by atoms with E-state index < -0.39 is 43.8 Å². The Morgan fingerprint density at radius 1 is 1.24 bits per heavy atom. The van der Waals surface area contributed by atoms with Crippen LogP contribution in [-0.4, -0.2) is 20.9 Å². The van der Waals surface area contributed by atoms with Crippen LogP contribution < -0.4 is 15.2 Å². The minimum absolute atomic E-state index is 0.0153. The van der Waals surface area contributed by atoms with E-state index in [4.69, 9.17) is 15.1 Å². The lowest BCUT2D eigenvalue weighted by atomic mass is 10.1. The van der Waals surface area contributed by atoms with Gasteiger partial charge in [-0.3, -0.25) is 4.79 Å². The molecular formula is C19H19F2N3O4S. The van der Waals surface area contributed by atoms with E-state index in [1.807, 2.05) is 13.8 Å².